The minimum absolute atomic E-state index is 0.0111. The second-order valence-corrected chi connectivity index (χ2v) is 8.40. The van der Waals surface area contributed by atoms with E-state index < -0.39 is 10.2 Å². The molecule has 136 valence electrons. The fourth-order valence-electron chi connectivity index (χ4n) is 2.90. The highest BCUT2D eigenvalue weighted by Crippen LogP contribution is 2.16. The van der Waals surface area contributed by atoms with Crippen molar-refractivity contribution in [1.29, 1.82) is 0 Å². The van der Waals surface area contributed by atoms with E-state index in [1.807, 2.05) is 18.2 Å². The summed E-state index contributed by atoms with van der Waals surface area (Å²) in [5.41, 5.74) is 2.27. The number of carbonyl (C=O) groups is 1. The number of benzene rings is 1. The van der Waals surface area contributed by atoms with Crippen molar-refractivity contribution in [3.05, 3.63) is 30.2 Å². The molecule has 1 aliphatic rings. The molecule has 0 saturated carbocycles. The van der Waals surface area contributed by atoms with Gasteiger partial charge < -0.3 is 9.32 Å². The van der Waals surface area contributed by atoms with Crippen LogP contribution in [0.3, 0.4) is 0 Å². The van der Waals surface area contributed by atoms with E-state index in [1.165, 1.54) is 29.1 Å². The van der Waals surface area contributed by atoms with Crippen molar-refractivity contribution in [2.24, 2.45) is 0 Å². The van der Waals surface area contributed by atoms with Crippen molar-refractivity contribution in [1.82, 2.24) is 18.5 Å². The van der Waals surface area contributed by atoms with Crippen LogP contribution in [0.4, 0.5) is 0 Å². The van der Waals surface area contributed by atoms with Gasteiger partial charge in [-0.05, 0) is 24.1 Å². The van der Waals surface area contributed by atoms with Crippen LogP contribution in [0, 0.1) is 0 Å². The minimum atomic E-state index is -3.44. The molecule has 0 N–H and O–H groups in total. The average Bonchev–Trinajstić information content (AvgIpc) is 2.88. The average molecular weight is 366 g/mol. The van der Waals surface area contributed by atoms with Crippen molar-refractivity contribution in [2.75, 3.05) is 40.3 Å². The number of amides is 1. The van der Waals surface area contributed by atoms with Crippen molar-refractivity contribution in [3.63, 3.8) is 0 Å². The van der Waals surface area contributed by atoms with E-state index in [1.54, 1.807) is 4.90 Å². The van der Waals surface area contributed by atoms with Gasteiger partial charge in [0.25, 0.3) is 10.2 Å². The third kappa shape index (κ3) is 3.83. The molecule has 0 radical (unpaired) electrons. The Labute approximate surface area is 147 Å². The summed E-state index contributed by atoms with van der Waals surface area (Å²) in [6, 6.07) is 5.51. The molecule has 9 heteroatoms. The summed E-state index contributed by atoms with van der Waals surface area (Å²) >= 11 is 0. The van der Waals surface area contributed by atoms with Gasteiger partial charge >= 0.3 is 0 Å². The fraction of sp³-hybridized carbons (Fsp3) is 0.500. The maximum Gasteiger partial charge on any atom is 0.281 e. The first kappa shape index (κ1) is 17.8. The van der Waals surface area contributed by atoms with Crippen LogP contribution in [-0.4, -0.2) is 73.1 Å². The first-order valence-corrected chi connectivity index (χ1v) is 9.55. The molecule has 2 aromatic rings. The molecule has 1 saturated heterocycles. The molecule has 1 fully saturated rings. The van der Waals surface area contributed by atoms with Crippen molar-refractivity contribution < 1.29 is 17.6 Å². The van der Waals surface area contributed by atoms with Crippen LogP contribution in [0.5, 0.6) is 0 Å². The lowest BCUT2D eigenvalue weighted by molar-refractivity contribution is -0.130. The molecular formula is C16H22N4O4S. The highest BCUT2D eigenvalue weighted by molar-refractivity contribution is 7.86. The lowest BCUT2D eigenvalue weighted by atomic mass is 10.1. The number of fused-ring (bicyclic) bond motifs is 1. The number of hydrogen-bond acceptors (Lipinski definition) is 5. The molecular weight excluding hydrogens is 344 g/mol. The summed E-state index contributed by atoms with van der Waals surface area (Å²) in [6.45, 7) is 1.70. The van der Waals surface area contributed by atoms with Gasteiger partial charge in [-0.25, -0.2) is 4.98 Å². The van der Waals surface area contributed by atoms with Gasteiger partial charge in [-0.2, -0.15) is 17.0 Å². The Balaban J connectivity index is 1.64. The van der Waals surface area contributed by atoms with Gasteiger partial charge in [0.05, 0.1) is 6.42 Å². The Bertz CT molecular complexity index is 862. The summed E-state index contributed by atoms with van der Waals surface area (Å²) in [5, 5.41) is 0. The molecule has 0 aliphatic carbocycles. The normalized spacial score (nSPS) is 17.2. The van der Waals surface area contributed by atoms with Crippen LogP contribution in [0.15, 0.2) is 29.0 Å². The second-order valence-electron chi connectivity index (χ2n) is 6.25. The lowest BCUT2D eigenvalue weighted by Crippen LogP contribution is -2.42. The second kappa shape index (κ2) is 7.11. The maximum atomic E-state index is 12.6. The van der Waals surface area contributed by atoms with Gasteiger partial charge in [0.15, 0.2) is 12.0 Å². The van der Waals surface area contributed by atoms with E-state index in [9.17, 15) is 13.2 Å². The standard InChI is InChI=1S/C16H22N4O4S/c1-18(2)25(22,23)20-7-3-6-19(8-9-20)16(21)11-13-4-5-14-15(10-13)24-12-17-14/h4-5,10,12H,3,6-9,11H2,1-2H3. The largest absolute Gasteiger partial charge is 0.443 e. The first-order valence-electron chi connectivity index (χ1n) is 8.15. The van der Waals surface area contributed by atoms with E-state index in [4.69, 9.17) is 4.42 Å². The van der Waals surface area contributed by atoms with Gasteiger partial charge in [-0.1, -0.05) is 6.07 Å². The van der Waals surface area contributed by atoms with E-state index in [0.717, 1.165) is 11.1 Å². The molecule has 25 heavy (non-hydrogen) atoms. The van der Waals surface area contributed by atoms with Crippen LogP contribution in [0.2, 0.25) is 0 Å². The van der Waals surface area contributed by atoms with Crippen LogP contribution in [0.1, 0.15) is 12.0 Å². The smallest absolute Gasteiger partial charge is 0.281 e. The summed E-state index contributed by atoms with van der Waals surface area (Å²) in [4.78, 5) is 18.4. The SMILES string of the molecule is CN(C)S(=O)(=O)N1CCCN(C(=O)Cc2ccc3ncoc3c2)CC1. The minimum Gasteiger partial charge on any atom is -0.443 e. The zero-order valence-corrected chi connectivity index (χ0v) is 15.2. The van der Waals surface area contributed by atoms with E-state index >= 15 is 0 Å². The predicted octanol–water partition coefficient (Wildman–Crippen LogP) is 0.711. The van der Waals surface area contributed by atoms with Crippen molar-refractivity contribution in [3.8, 4) is 0 Å². The van der Waals surface area contributed by atoms with E-state index in [2.05, 4.69) is 4.98 Å². The van der Waals surface area contributed by atoms with Crippen molar-refractivity contribution in [2.45, 2.75) is 12.8 Å². The van der Waals surface area contributed by atoms with Crippen LogP contribution in [0.25, 0.3) is 11.1 Å². The van der Waals surface area contributed by atoms with Crippen LogP contribution in [-0.2, 0) is 21.4 Å². The molecule has 8 nitrogen and oxygen atoms in total. The third-order valence-corrected chi connectivity index (χ3v) is 6.29. The highest BCUT2D eigenvalue weighted by atomic mass is 32.2. The molecule has 2 heterocycles. The number of nitrogens with zero attached hydrogens (tertiary/aromatic N) is 4. The Morgan fingerprint density at radius 1 is 1.24 bits per heavy atom. The fourth-order valence-corrected chi connectivity index (χ4v) is 4.03. The zero-order chi connectivity index (χ0) is 18.0. The summed E-state index contributed by atoms with van der Waals surface area (Å²) in [5.74, 6) is -0.0111. The summed E-state index contributed by atoms with van der Waals surface area (Å²) in [6.07, 6.45) is 2.27. The monoisotopic (exact) mass is 366 g/mol. The molecule has 1 aliphatic heterocycles. The molecule has 0 unspecified atom stereocenters. The van der Waals surface area contributed by atoms with Gasteiger partial charge in [-0.3, -0.25) is 4.79 Å². The lowest BCUT2D eigenvalue weighted by Gasteiger charge is -2.24. The predicted molar refractivity (Wildman–Crippen MR) is 93.1 cm³/mol. The number of aromatic nitrogens is 1. The Morgan fingerprint density at radius 2 is 2.04 bits per heavy atom. The topological polar surface area (TPSA) is 87.0 Å². The number of rotatable bonds is 4. The molecule has 1 amide bonds. The number of hydrogen-bond donors (Lipinski definition) is 0. The molecule has 0 bridgehead atoms. The Kier molecular flexibility index (Phi) is 5.07. The van der Waals surface area contributed by atoms with Gasteiger partial charge in [0.1, 0.15) is 5.52 Å². The maximum absolute atomic E-state index is 12.6. The number of oxazole rings is 1. The molecule has 0 spiro atoms. The van der Waals surface area contributed by atoms with Crippen LogP contribution < -0.4 is 0 Å². The van der Waals surface area contributed by atoms with E-state index in [-0.39, 0.29) is 12.3 Å². The van der Waals surface area contributed by atoms with Gasteiger partial charge in [0, 0.05) is 40.3 Å². The summed E-state index contributed by atoms with van der Waals surface area (Å²) < 4.78 is 32.4. The molecule has 0 atom stereocenters. The summed E-state index contributed by atoms with van der Waals surface area (Å²) in [7, 11) is -0.407. The molecule has 3 rings (SSSR count). The van der Waals surface area contributed by atoms with Crippen molar-refractivity contribution >= 4 is 27.2 Å². The van der Waals surface area contributed by atoms with Gasteiger partial charge in [0.2, 0.25) is 5.91 Å². The number of carbonyl (C=O) groups excluding carboxylic acids is 1. The van der Waals surface area contributed by atoms with Gasteiger partial charge in [-0.15, -0.1) is 0 Å². The third-order valence-electron chi connectivity index (χ3n) is 4.35. The van der Waals surface area contributed by atoms with Crippen LogP contribution >= 0.6 is 0 Å². The zero-order valence-electron chi connectivity index (χ0n) is 14.4. The highest BCUT2D eigenvalue weighted by Gasteiger charge is 2.28. The quantitative estimate of drug-likeness (QED) is 0.795. The first-order chi connectivity index (χ1) is 11.9. The molecule has 1 aromatic carbocycles. The Hall–Kier alpha value is -1.97. The molecule has 1 aromatic heterocycles. The Morgan fingerprint density at radius 3 is 2.80 bits per heavy atom. The van der Waals surface area contributed by atoms with E-state index in [0.29, 0.717) is 38.2 Å².